The van der Waals surface area contributed by atoms with Crippen molar-refractivity contribution in [2.75, 3.05) is 17.5 Å². The Morgan fingerprint density at radius 2 is 1.56 bits per heavy atom. The van der Waals surface area contributed by atoms with Crippen molar-refractivity contribution in [1.29, 1.82) is 0 Å². The molecule has 4 aromatic carbocycles. The van der Waals surface area contributed by atoms with E-state index in [4.69, 9.17) is 27.9 Å². The first-order chi connectivity index (χ1) is 20.6. The molecule has 0 saturated heterocycles. The molecule has 0 heterocycles. The van der Waals surface area contributed by atoms with Crippen molar-refractivity contribution < 1.29 is 22.7 Å². The summed E-state index contributed by atoms with van der Waals surface area (Å²) in [5.74, 6) is -0.476. The Balaban J connectivity index is 1.34. The monoisotopic (exact) mass is 638 g/mol. The van der Waals surface area contributed by atoms with E-state index in [1.807, 2.05) is 37.3 Å². The smallest absolute Gasteiger partial charge is 0.264 e. The number of carbonyl (C=O) groups is 2. The number of rotatable bonds is 12. The highest BCUT2D eigenvalue weighted by atomic mass is 35.5. The van der Waals surface area contributed by atoms with Crippen molar-refractivity contribution in [3.63, 3.8) is 0 Å². The van der Waals surface area contributed by atoms with E-state index >= 15 is 0 Å². The summed E-state index contributed by atoms with van der Waals surface area (Å²) in [6, 6.07) is 28.2. The predicted molar refractivity (Wildman–Crippen MR) is 168 cm³/mol. The van der Waals surface area contributed by atoms with Crippen molar-refractivity contribution in [2.45, 2.75) is 17.9 Å². The van der Waals surface area contributed by atoms with E-state index in [0.717, 1.165) is 9.87 Å². The van der Waals surface area contributed by atoms with Crippen molar-refractivity contribution >= 4 is 56.9 Å². The molecule has 0 unspecified atom stereocenters. The molecule has 43 heavy (non-hydrogen) atoms. The number of carbonyl (C=O) groups excluding carboxylic acids is 2. The summed E-state index contributed by atoms with van der Waals surface area (Å²) in [5.41, 5.74) is 4.05. The van der Waals surface area contributed by atoms with E-state index in [2.05, 4.69) is 15.8 Å². The molecule has 0 aliphatic heterocycles. The number of hydrogen-bond acceptors (Lipinski definition) is 6. The summed E-state index contributed by atoms with van der Waals surface area (Å²) in [6.07, 6.45) is 1.39. The summed E-state index contributed by atoms with van der Waals surface area (Å²) in [7, 11) is -4.15. The highest BCUT2D eigenvalue weighted by Crippen LogP contribution is 2.32. The molecule has 0 radical (unpaired) electrons. The maximum atomic E-state index is 13.4. The zero-order chi connectivity index (χ0) is 30.8. The van der Waals surface area contributed by atoms with Crippen LogP contribution in [0.1, 0.15) is 24.1 Å². The Bertz CT molecular complexity index is 1690. The lowest BCUT2D eigenvalue weighted by Gasteiger charge is -2.24. The fraction of sp³-hybridized carbons (Fsp3) is 0.129. The first-order valence-electron chi connectivity index (χ1n) is 13.1. The highest BCUT2D eigenvalue weighted by molar-refractivity contribution is 7.92. The molecule has 0 fully saturated rings. The number of hydrazone groups is 1. The third kappa shape index (κ3) is 8.81. The van der Waals surface area contributed by atoms with Gasteiger partial charge in [0.25, 0.3) is 21.8 Å². The van der Waals surface area contributed by atoms with Crippen molar-refractivity contribution in [3.05, 3.63) is 124 Å². The molecule has 4 rings (SSSR count). The fourth-order valence-electron chi connectivity index (χ4n) is 3.95. The zero-order valence-electron chi connectivity index (χ0n) is 23.0. The highest BCUT2D eigenvalue weighted by Gasteiger charge is 2.28. The summed E-state index contributed by atoms with van der Waals surface area (Å²) in [5, 5.41) is 7.20. The number of hydrogen-bond donors (Lipinski definition) is 2. The predicted octanol–water partition coefficient (Wildman–Crippen LogP) is 5.60. The van der Waals surface area contributed by atoms with Crippen molar-refractivity contribution in [3.8, 4) is 5.75 Å². The molecule has 4 aromatic rings. The molecule has 0 bridgehead atoms. The van der Waals surface area contributed by atoms with Gasteiger partial charge < -0.3 is 10.1 Å². The van der Waals surface area contributed by atoms with Crippen LogP contribution in [0.15, 0.2) is 113 Å². The van der Waals surface area contributed by atoms with E-state index in [-0.39, 0.29) is 34.2 Å². The van der Waals surface area contributed by atoms with Gasteiger partial charge in [0, 0.05) is 5.02 Å². The molecule has 0 saturated carbocycles. The first-order valence-corrected chi connectivity index (χ1v) is 15.2. The number of nitrogens with one attached hydrogen (secondary N) is 2. The van der Waals surface area contributed by atoms with Gasteiger partial charge in [0.15, 0.2) is 6.61 Å². The van der Waals surface area contributed by atoms with Gasteiger partial charge in [-0.2, -0.15) is 5.10 Å². The molecule has 0 aliphatic rings. The lowest BCUT2D eigenvalue weighted by molar-refractivity contribution is -0.123. The van der Waals surface area contributed by atoms with Gasteiger partial charge in [0.05, 0.1) is 27.9 Å². The Hall–Kier alpha value is -4.38. The lowest BCUT2D eigenvalue weighted by atomic mass is 10.1. The molecule has 2 N–H and O–H groups in total. The number of halogens is 2. The number of nitrogens with zero attached hydrogens (tertiary/aromatic N) is 2. The van der Waals surface area contributed by atoms with Crippen LogP contribution in [0.3, 0.4) is 0 Å². The normalized spacial score (nSPS) is 12.0. The molecule has 0 aliphatic carbocycles. The van der Waals surface area contributed by atoms with E-state index in [9.17, 15) is 18.0 Å². The quantitative estimate of drug-likeness (QED) is 0.155. The average Bonchev–Trinajstić information content (AvgIpc) is 3.00. The molecule has 1 atom stereocenters. The van der Waals surface area contributed by atoms with E-state index in [1.54, 1.807) is 42.5 Å². The maximum absolute atomic E-state index is 13.4. The van der Waals surface area contributed by atoms with Gasteiger partial charge in [-0.1, -0.05) is 71.7 Å². The number of ether oxygens (including phenoxy) is 1. The standard InChI is InChI=1S/C31H28Cl2N4O5S/c1-22(24-8-4-2-5-9-24)35-31(39)21-42-26-15-12-23(13-16-26)19-34-36-30(38)20-37(29-17-14-25(32)18-28(29)33)43(40,41)27-10-6-3-7-11-27/h2-19,22H,20-21H2,1H3,(H,35,39)(H,36,38)/b34-19-/t22-/m0/s1. The van der Waals surface area contributed by atoms with Crippen LogP contribution in [0.5, 0.6) is 5.75 Å². The van der Waals surface area contributed by atoms with E-state index in [1.165, 1.54) is 36.5 Å². The molecule has 2 amide bonds. The number of sulfonamides is 1. The van der Waals surface area contributed by atoms with E-state index < -0.39 is 22.5 Å². The fourth-order valence-corrected chi connectivity index (χ4v) is 5.98. The third-order valence-electron chi connectivity index (χ3n) is 6.13. The average molecular weight is 640 g/mol. The van der Waals surface area contributed by atoms with Crippen molar-refractivity contribution in [1.82, 2.24) is 10.7 Å². The minimum absolute atomic E-state index is 0.0113. The topological polar surface area (TPSA) is 117 Å². The number of anilines is 1. The SMILES string of the molecule is C[C@H](NC(=O)COc1ccc(/C=N\NC(=O)CN(c2ccc(Cl)cc2Cl)S(=O)(=O)c2ccccc2)cc1)c1ccccc1. The first kappa shape index (κ1) is 31.6. The summed E-state index contributed by atoms with van der Waals surface area (Å²) in [4.78, 5) is 25.0. The van der Waals surface area contributed by atoms with Crippen LogP contribution < -0.4 is 19.8 Å². The summed E-state index contributed by atoms with van der Waals surface area (Å²) < 4.78 is 33.3. The van der Waals surface area contributed by atoms with Crippen LogP contribution >= 0.6 is 23.2 Å². The lowest BCUT2D eigenvalue weighted by Crippen LogP contribution is -2.39. The number of amides is 2. The second kappa shape index (κ2) is 14.7. The van der Waals surface area contributed by atoms with Gasteiger partial charge in [-0.05, 0) is 72.6 Å². The summed E-state index contributed by atoms with van der Waals surface area (Å²) in [6.45, 7) is 1.15. The van der Waals surface area contributed by atoms with Crippen molar-refractivity contribution in [2.24, 2.45) is 5.10 Å². The zero-order valence-corrected chi connectivity index (χ0v) is 25.3. The van der Waals surface area contributed by atoms with Crippen LogP contribution in [0, 0.1) is 0 Å². The van der Waals surface area contributed by atoms with Crippen LogP contribution in [-0.2, 0) is 19.6 Å². The number of benzene rings is 4. The minimum Gasteiger partial charge on any atom is -0.484 e. The van der Waals surface area contributed by atoms with E-state index in [0.29, 0.717) is 16.3 Å². The maximum Gasteiger partial charge on any atom is 0.264 e. The van der Waals surface area contributed by atoms with Gasteiger partial charge in [-0.25, -0.2) is 13.8 Å². The van der Waals surface area contributed by atoms with Crippen LogP contribution in [0.25, 0.3) is 0 Å². The third-order valence-corrected chi connectivity index (χ3v) is 8.44. The molecular formula is C31H28Cl2N4O5S. The van der Waals surface area contributed by atoms with Gasteiger partial charge in [0.1, 0.15) is 12.3 Å². The minimum atomic E-state index is -4.15. The molecule has 0 spiro atoms. The second-order valence-corrected chi connectivity index (χ2v) is 12.0. The summed E-state index contributed by atoms with van der Waals surface area (Å²) >= 11 is 12.3. The van der Waals surface area contributed by atoms with Crippen LogP contribution in [0.4, 0.5) is 5.69 Å². The van der Waals surface area contributed by atoms with Crippen LogP contribution in [0.2, 0.25) is 10.0 Å². The van der Waals surface area contributed by atoms with Crippen LogP contribution in [-0.4, -0.2) is 39.6 Å². The molecule has 12 heteroatoms. The Kier molecular flexibility index (Phi) is 10.8. The molecule has 9 nitrogen and oxygen atoms in total. The Labute approximate surface area is 260 Å². The van der Waals surface area contributed by atoms with Gasteiger partial charge >= 0.3 is 0 Å². The van der Waals surface area contributed by atoms with Gasteiger partial charge in [-0.3, -0.25) is 13.9 Å². The molecular weight excluding hydrogens is 611 g/mol. The molecule has 0 aromatic heterocycles. The molecule has 222 valence electrons. The second-order valence-electron chi connectivity index (χ2n) is 9.27. The van der Waals surface area contributed by atoms with Gasteiger partial charge in [-0.15, -0.1) is 0 Å². The van der Waals surface area contributed by atoms with Gasteiger partial charge in [0.2, 0.25) is 0 Å². The Morgan fingerprint density at radius 3 is 2.21 bits per heavy atom. The Morgan fingerprint density at radius 1 is 0.907 bits per heavy atom. The largest absolute Gasteiger partial charge is 0.484 e.